The number of hydrogen-bond donors (Lipinski definition) is 3. The summed E-state index contributed by atoms with van der Waals surface area (Å²) in [6.45, 7) is 6.56. The second kappa shape index (κ2) is 8.57. The van der Waals surface area contributed by atoms with Crippen LogP contribution in [0.4, 0.5) is 0 Å². The fourth-order valence-electron chi connectivity index (χ4n) is 3.06. The Kier molecular flexibility index (Phi) is 6.66. The van der Waals surface area contributed by atoms with E-state index >= 15 is 0 Å². The molecule has 0 radical (unpaired) electrons. The van der Waals surface area contributed by atoms with Crippen molar-refractivity contribution < 1.29 is 9.53 Å². The van der Waals surface area contributed by atoms with Crippen LogP contribution in [0.15, 0.2) is 46.8 Å². The fraction of sp³-hybridized carbons (Fsp3) is 0.400. The van der Waals surface area contributed by atoms with Crippen LogP contribution in [-0.2, 0) is 9.53 Å². The van der Waals surface area contributed by atoms with Crippen molar-refractivity contribution in [1.82, 2.24) is 10.6 Å². The maximum Gasteiger partial charge on any atom is 0.336 e. The zero-order valence-corrected chi connectivity index (χ0v) is 16.8. The van der Waals surface area contributed by atoms with E-state index in [1.165, 1.54) is 7.11 Å². The molecular weight excluding hydrogens is 364 g/mol. The number of hydrogen-bond acceptors (Lipinski definition) is 6. The Labute approximate surface area is 165 Å². The first-order valence-electron chi connectivity index (χ1n) is 8.63. The van der Waals surface area contributed by atoms with Crippen molar-refractivity contribution >= 4 is 17.6 Å². The topological polar surface area (TPSA) is 100 Å². The summed E-state index contributed by atoms with van der Waals surface area (Å²) in [4.78, 5) is 12.7. The van der Waals surface area contributed by atoms with Gasteiger partial charge in [0.2, 0.25) is 0 Å². The minimum atomic E-state index is -0.597. The molecule has 27 heavy (non-hydrogen) atoms. The number of carbonyl (C=O) groups is 1. The number of benzene rings is 1. The Balaban J connectivity index is 2.55. The number of nitrogens with zero attached hydrogens (tertiary/aromatic N) is 1. The third kappa shape index (κ3) is 4.89. The van der Waals surface area contributed by atoms with Crippen LogP contribution in [0.5, 0.6) is 0 Å². The summed E-state index contributed by atoms with van der Waals surface area (Å²) >= 11 is 6.39. The van der Waals surface area contributed by atoms with Crippen LogP contribution in [0.3, 0.4) is 0 Å². The van der Waals surface area contributed by atoms with Gasteiger partial charge < -0.3 is 21.1 Å². The number of dihydropyridines is 1. The van der Waals surface area contributed by atoms with Crippen LogP contribution in [0, 0.1) is 11.3 Å². The normalized spacial score (nSPS) is 17.4. The van der Waals surface area contributed by atoms with Crippen LogP contribution < -0.4 is 16.4 Å². The van der Waals surface area contributed by atoms with E-state index in [0.29, 0.717) is 46.2 Å². The van der Waals surface area contributed by atoms with E-state index in [1.54, 1.807) is 6.07 Å². The maximum atomic E-state index is 12.7. The van der Waals surface area contributed by atoms with Crippen LogP contribution in [0.2, 0.25) is 5.02 Å². The highest BCUT2D eigenvalue weighted by molar-refractivity contribution is 6.31. The molecule has 0 saturated carbocycles. The van der Waals surface area contributed by atoms with Crippen molar-refractivity contribution in [1.29, 1.82) is 5.26 Å². The molecule has 1 aromatic rings. The van der Waals surface area contributed by atoms with Crippen molar-refractivity contribution in [3.8, 4) is 6.07 Å². The summed E-state index contributed by atoms with van der Waals surface area (Å²) in [7, 11) is 1.32. The predicted octanol–water partition coefficient (Wildman–Crippen LogP) is 2.58. The first-order chi connectivity index (χ1) is 12.7. The van der Waals surface area contributed by atoms with E-state index < -0.39 is 17.4 Å². The molecule has 1 heterocycles. The molecule has 0 fully saturated rings. The highest BCUT2D eigenvalue weighted by atomic mass is 35.5. The number of halogens is 1. The van der Waals surface area contributed by atoms with Crippen molar-refractivity contribution in [3.63, 3.8) is 0 Å². The average molecular weight is 389 g/mol. The van der Waals surface area contributed by atoms with Crippen LogP contribution in [-0.4, -0.2) is 31.7 Å². The number of nitrogens with two attached hydrogens (primary N) is 1. The van der Waals surface area contributed by atoms with Gasteiger partial charge in [-0.1, -0.05) is 29.8 Å². The molecule has 7 heteroatoms. The molecule has 0 spiro atoms. The van der Waals surface area contributed by atoms with Crippen LogP contribution >= 0.6 is 11.6 Å². The predicted molar refractivity (Wildman–Crippen MR) is 106 cm³/mol. The Bertz CT molecular complexity index is 831. The van der Waals surface area contributed by atoms with Crippen molar-refractivity contribution in [2.24, 2.45) is 5.73 Å². The molecule has 6 nitrogen and oxygen atoms in total. The molecule has 1 atom stereocenters. The maximum absolute atomic E-state index is 12.7. The third-order valence-corrected chi connectivity index (χ3v) is 4.61. The van der Waals surface area contributed by atoms with Gasteiger partial charge in [0, 0.05) is 35.0 Å². The van der Waals surface area contributed by atoms with Gasteiger partial charge in [-0.05, 0) is 32.4 Å². The first-order valence-corrected chi connectivity index (χ1v) is 9.00. The number of nitrogens with one attached hydrogen (secondary N) is 2. The van der Waals surface area contributed by atoms with Gasteiger partial charge in [0.25, 0.3) is 0 Å². The number of allylic oxidation sites excluding steroid dienone is 2. The van der Waals surface area contributed by atoms with Crippen LogP contribution in [0.25, 0.3) is 0 Å². The standard InChI is InChI=1S/C20H25ClN4O2/c1-12-14(9-22)17(13-7-5-6-8-15(13)21)18(19(26)27-4)16(25-12)10-24-11-20(2,3)23/h5-8,17,24-25H,10-11,23H2,1-4H3. The summed E-state index contributed by atoms with van der Waals surface area (Å²) in [5, 5.41) is 16.6. The largest absolute Gasteiger partial charge is 0.466 e. The lowest BCUT2D eigenvalue weighted by Crippen LogP contribution is -2.45. The number of ether oxygens (including phenoxy) is 1. The highest BCUT2D eigenvalue weighted by Crippen LogP contribution is 2.40. The van der Waals surface area contributed by atoms with Crippen LogP contribution in [0.1, 0.15) is 32.3 Å². The number of nitriles is 1. The number of carbonyl (C=O) groups excluding carboxylic acids is 1. The van der Waals surface area contributed by atoms with Gasteiger partial charge in [-0.2, -0.15) is 5.26 Å². The molecule has 144 valence electrons. The molecule has 1 aliphatic rings. The summed E-state index contributed by atoms with van der Waals surface area (Å²) < 4.78 is 5.02. The van der Waals surface area contributed by atoms with Crippen molar-refractivity contribution in [2.45, 2.75) is 32.2 Å². The molecule has 0 aliphatic carbocycles. The summed E-state index contributed by atoms with van der Waals surface area (Å²) in [6, 6.07) is 9.42. The minimum absolute atomic E-state index is 0.370. The molecular formula is C20H25ClN4O2. The molecule has 4 N–H and O–H groups in total. The smallest absolute Gasteiger partial charge is 0.336 e. The molecule has 0 amide bonds. The Hall–Kier alpha value is -2.33. The van der Waals surface area contributed by atoms with E-state index in [1.807, 2.05) is 39.0 Å². The lowest BCUT2D eigenvalue weighted by atomic mass is 9.80. The van der Waals surface area contributed by atoms with E-state index in [4.69, 9.17) is 22.1 Å². The van der Waals surface area contributed by atoms with Crippen molar-refractivity contribution in [2.75, 3.05) is 20.2 Å². The number of esters is 1. The lowest BCUT2D eigenvalue weighted by Gasteiger charge is -2.30. The number of rotatable bonds is 6. The van der Waals surface area contributed by atoms with Gasteiger partial charge in [-0.3, -0.25) is 0 Å². The van der Waals surface area contributed by atoms with Gasteiger partial charge in [-0.25, -0.2) is 4.79 Å². The van der Waals surface area contributed by atoms with Gasteiger partial charge >= 0.3 is 5.97 Å². The Morgan fingerprint density at radius 3 is 2.67 bits per heavy atom. The first kappa shape index (κ1) is 21.0. The molecule has 1 aliphatic heterocycles. The number of methoxy groups -OCH3 is 1. The molecule has 1 aromatic carbocycles. The van der Waals surface area contributed by atoms with Gasteiger partial charge in [0.15, 0.2) is 0 Å². The summed E-state index contributed by atoms with van der Waals surface area (Å²) in [6.07, 6.45) is 0. The molecule has 0 aromatic heterocycles. The van der Waals surface area contributed by atoms with Crippen molar-refractivity contribution in [3.05, 3.63) is 57.4 Å². The molecule has 2 rings (SSSR count). The third-order valence-electron chi connectivity index (χ3n) is 4.27. The fourth-order valence-corrected chi connectivity index (χ4v) is 3.31. The summed E-state index contributed by atoms with van der Waals surface area (Å²) in [5.74, 6) is -1.10. The quantitative estimate of drug-likeness (QED) is 0.647. The molecule has 1 unspecified atom stereocenters. The second-order valence-corrected chi connectivity index (χ2v) is 7.61. The average Bonchev–Trinajstić information content (AvgIpc) is 2.60. The second-order valence-electron chi connectivity index (χ2n) is 7.21. The lowest BCUT2D eigenvalue weighted by molar-refractivity contribution is -0.136. The molecule has 0 bridgehead atoms. The van der Waals surface area contributed by atoms with Gasteiger partial charge in [-0.15, -0.1) is 0 Å². The molecule has 0 saturated heterocycles. The van der Waals surface area contributed by atoms with E-state index in [-0.39, 0.29) is 0 Å². The van der Waals surface area contributed by atoms with E-state index in [0.717, 1.165) is 0 Å². The van der Waals surface area contributed by atoms with E-state index in [2.05, 4.69) is 16.7 Å². The summed E-state index contributed by atoms with van der Waals surface area (Å²) in [5.41, 5.74) is 8.44. The zero-order valence-electron chi connectivity index (χ0n) is 16.0. The van der Waals surface area contributed by atoms with Gasteiger partial charge in [0.05, 0.1) is 30.2 Å². The van der Waals surface area contributed by atoms with Gasteiger partial charge in [0.1, 0.15) is 0 Å². The Morgan fingerprint density at radius 2 is 2.11 bits per heavy atom. The minimum Gasteiger partial charge on any atom is -0.466 e. The SMILES string of the molecule is COC(=O)C1=C(CNCC(C)(C)N)NC(C)=C(C#N)C1c1ccccc1Cl. The Morgan fingerprint density at radius 1 is 1.44 bits per heavy atom. The monoisotopic (exact) mass is 388 g/mol. The van der Waals surface area contributed by atoms with E-state index in [9.17, 15) is 10.1 Å². The zero-order chi connectivity index (χ0) is 20.2. The highest BCUT2D eigenvalue weighted by Gasteiger charge is 2.36.